The lowest BCUT2D eigenvalue weighted by atomic mass is 10.1. The third kappa shape index (κ3) is 6.58. The fourth-order valence-electron chi connectivity index (χ4n) is 2.48. The molecule has 3 amide bonds. The summed E-state index contributed by atoms with van der Waals surface area (Å²) in [7, 11) is 0. The van der Waals surface area contributed by atoms with Gasteiger partial charge in [-0.1, -0.05) is 13.8 Å². The van der Waals surface area contributed by atoms with Crippen molar-refractivity contribution in [3.8, 4) is 0 Å². The number of nitrogens with zero attached hydrogens (tertiary/aromatic N) is 2. The van der Waals surface area contributed by atoms with Crippen LogP contribution >= 0.6 is 0 Å². The quantitative estimate of drug-likeness (QED) is 0.303. The van der Waals surface area contributed by atoms with Crippen molar-refractivity contribution in [2.75, 3.05) is 18.4 Å². The topological polar surface area (TPSA) is 174 Å². The predicted octanol–water partition coefficient (Wildman–Crippen LogP) is 2.26. The van der Waals surface area contributed by atoms with Gasteiger partial charge in [0.2, 0.25) is 5.91 Å². The molecule has 0 aliphatic carbocycles. The van der Waals surface area contributed by atoms with E-state index in [2.05, 4.69) is 16.0 Å². The van der Waals surface area contributed by atoms with E-state index in [1.54, 1.807) is 26.0 Å². The first-order valence-corrected chi connectivity index (χ1v) is 9.49. The van der Waals surface area contributed by atoms with E-state index >= 15 is 0 Å². The van der Waals surface area contributed by atoms with Crippen LogP contribution in [0.3, 0.4) is 0 Å². The van der Waals surface area contributed by atoms with Crippen LogP contribution in [0, 0.1) is 26.1 Å². The molecule has 32 heavy (non-hydrogen) atoms. The molecular weight excluding hydrogens is 422 g/mol. The summed E-state index contributed by atoms with van der Waals surface area (Å²) < 4.78 is 0. The number of nitro groups is 2. The number of hydrogen-bond donors (Lipinski definition) is 3. The average Bonchev–Trinajstić information content (AvgIpc) is 2.76. The predicted molar refractivity (Wildman–Crippen MR) is 114 cm³/mol. The second-order valence-electron chi connectivity index (χ2n) is 6.99. The van der Waals surface area contributed by atoms with Gasteiger partial charge in [0.1, 0.15) is 0 Å². The molecule has 3 N–H and O–H groups in total. The minimum atomic E-state index is -0.830. The number of hydrogen-bond acceptors (Lipinski definition) is 7. The van der Waals surface area contributed by atoms with Gasteiger partial charge in [0, 0.05) is 42.4 Å². The molecular formula is C20H21N5O7. The van der Waals surface area contributed by atoms with Crippen LogP contribution in [0.15, 0.2) is 42.5 Å². The molecule has 0 heterocycles. The van der Waals surface area contributed by atoms with Gasteiger partial charge in [-0.25, -0.2) is 0 Å². The fourth-order valence-corrected chi connectivity index (χ4v) is 2.48. The van der Waals surface area contributed by atoms with E-state index in [9.17, 15) is 34.6 Å². The molecule has 168 valence electrons. The van der Waals surface area contributed by atoms with Crippen molar-refractivity contribution < 1.29 is 24.2 Å². The summed E-state index contributed by atoms with van der Waals surface area (Å²) in [5.41, 5.74) is -0.501. The number of non-ortho nitro benzene ring substituents is 2. The lowest BCUT2D eigenvalue weighted by molar-refractivity contribution is -0.394. The third-order valence-electron chi connectivity index (χ3n) is 4.22. The summed E-state index contributed by atoms with van der Waals surface area (Å²) in [6.07, 6.45) is 0. The first kappa shape index (κ1) is 23.9. The van der Waals surface area contributed by atoms with Crippen molar-refractivity contribution in [1.29, 1.82) is 0 Å². The molecule has 12 heteroatoms. The number of nitro benzene ring substituents is 2. The first-order chi connectivity index (χ1) is 15.1. The number of carbonyl (C=O) groups is 3. The molecule has 0 fully saturated rings. The largest absolute Gasteiger partial charge is 0.350 e. The standard InChI is InChI=1S/C20H21N5O7/c1-12(2)18(26)23-15-5-3-13(4-6-15)19(27)21-7-8-22-20(28)14-9-16(24(29)30)11-17(10-14)25(31)32/h3-6,9-12H,7-8H2,1-2H3,(H,21,27)(H,22,28)(H,23,26). The summed E-state index contributed by atoms with van der Waals surface area (Å²) in [6, 6.07) is 8.87. The van der Waals surface area contributed by atoms with Gasteiger partial charge >= 0.3 is 0 Å². The monoisotopic (exact) mass is 443 g/mol. The van der Waals surface area contributed by atoms with Crippen LogP contribution in [-0.2, 0) is 4.79 Å². The molecule has 2 rings (SSSR count). The van der Waals surface area contributed by atoms with Crippen molar-refractivity contribution in [3.63, 3.8) is 0 Å². The number of nitrogens with one attached hydrogen (secondary N) is 3. The first-order valence-electron chi connectivity index (χ1n) is 9.49. The Kier molecular flexibility index (Phi) is 7.93. The molecule has 0 aliphatic rings. The summed E-state index contributed by atoms with van der Waals surface area (Å²) in [5, 5.41) is 29.5. The Bertz CT molecular complexity index is 1020. The number of benzene rings is 2. The van der Waals surface area contributed by atoms with Gasteiger partial charge in [0.25, 0.3) is 23.2 Å². The highest BCUT2D eigenvalue weighted by atomic mass is 16.6. The summed E-state index contributed by atoms with van der Waals surface area (Å²) >= 11 is 0. The number of carbonyl (C=O) groups excluding carboxylic acids is 3. The smallest absolute Gasteiger partial charge is 0.277 e. The molecule has 0 spiro atoms. The summed E-state index contributed by atoms with van der Waals surface area (Å²) in [4.78, 5) is 56.2. The maximum atomic E-state index is 12.2. The van der Waals surface area contributed by atoms with E-state index in [0.29, 0.717) is 11.3 Å². The van der Waals surface area contributed by atoms with Crippen LogP contribution < -0.4 is 16.0 Å². The highest BCUT2D eigenvalue weighted by Gasteiger charge is 2.19. The van der Waals surface area contributed by atoms with Crippen molar-refractivity contribution in [2.45, 2.75) is 13.8 Å². The number of anilines is 1. The molecule has 12 nitrogen and oxygen atoms in total. The second-order valence-corrected chi connectivity index (χ2v) is 6.99. The number of amides is 3. The van der Waals surface area contributed by atoms with Crippen molar-refractivity contribution in [2.24, 2.45) is 5.92 Å². The number of rotatable bonds is 9. The van der Waals surface area contributed by atoms with Crippen LogP contribution in [-0.4, -0.2) is 40.7 Å². The molecule has 2 aromatic carbocycles. The zero-order chi connectivity index (χ0) is 23.8. The Balaban J connectivity index is 1.88. The van der Waals surface area contributed by atoms with E-state index in [-0.39, 0.29) is 30.5 Å². The SMILES string of the molecule is CC(C)C(=O)Nc1ccc(C(=O)NCCNC(=O)c2cc([N+](=O)[O-])cc([N+](=O)[O-])c2)cc1. The van der Waals surface area contributed by atoms with Gasteiger partial charge in [0.15, 0.2) is 0 Å². The zero-order valence-corrected chi connectivity index (χ0v) is 17.3. The Hall–Kier alpha value is -4.35. The Labute approximate surface area is 182 Å². The minimum absolute atomic E-state index is 0.0103. The molecule has 0 aliphatic heterocycles. The van der Waals surface area contributed by atoms with Gasteiger partial charge in [-0.3, -0.25) is 34.6 Å². The van der Waals surface area contributed by atoms with Gasteiger partial charge < -0.3 is 16.0 Å². The lowest BCUT2D eigenvalue weighted by Crippen LogP contribution is -2.34. The van der Waals surface area contributed by atoms with E-state index < -0.39 is 33.0 Å². The van der Waals surface area contributed by atoms with E-state index in [1.807, 2.05) is 0 Å². The van der Waals surface area contributed by atoms with Crippen LogP contribution in [0.2, 0.25) is 0 Å². The minimum Gasteiger partial charge on any atom is -0.350 e. The molecule has 0 atom stereocenters. The Morgan fingerprint density at radius 3 is 1.72 bits per heavy atom. The van der Waals surface area contributed by atoms with Crippen LogP contribution in [0.5, 0.6) is 0 Å². The highest BCUT2D eigenvalue weighted by Crippen LogP contribution is 2.22. The lowest BCUT2D eigenvalue weighted by Gasteiger charge is -2.09. The second kappa shape index (κ2) is 10.6. The summed E-state index contributed by atoms with van der Waals surface area (Å²) in [5.74, 6) is -1.49. The maximum Gasteiger partial charge on any atom is 0.277 e. The fraction of sp³-hybridized carbons (Fsp3) is 0.250. The molecule has 0 unspecified atom stereocenters. The van der Waals surface area contributed by atoms with Gasteiger partial charge in [0.05, 0.1) is 21.5 Å². The highest BCUT2D eigenvalue weighted by molar-refractivity contribution is 5.97. The third-order valence-corrected chi connectivity index (χ3v) is 4.22. The van der Waals surface area contributed by atoms with E-state index in [0.717, 1.165) is 18.2 Å². The molecule has 0 bridgehead atoms. The van der Waals surface area contributed by atoms with Gasteiger partial charge in [-0.15, -0.1) is 0 Å². The summed E-state index contributed by atoms with van der Waals surface area (Å²) in [6.45, 7) is 3.56. The zero-order valence-electron chi connectivity index (χ0n) is 17.3. The van der Waals surface area contributed by atoms with Crippen molar-refractivity contribution in [1.82, 2.24) is 10.6 Å². The van der Waals surface area contributed by atoms with Crippen molar-refractivity contribution >= 4 is 34.8 Å². The molecule has 0 aromatic heterocycles. The van der Waals surface area contributed by atoms with Crippen molar-refractivity contribution in [3.05, 3.63) is 73.8 Å². The molecule has 0 saturated heterocycles. The van der Waals surface area contributed by atoms with Crippen LogP contribution in [0.4, 0.5) is 17.1 Å². The molecule has 0 saturated carbocycles. The van der Waals surface area contributed by atoms with Gasteiger partial charge in [-0.2, -0.15) is 0 Å². The van der Waals surface area contributed by atoms with E-state index in [4.69, 9.17) is 0 Å². The van der Waals surface area contributed by atoms with E-state index in [1.165, 1.54) is 12.1 Å². The van der Waals surface area contributed by atoms with Crippen LogP contribution in [0.1, 0.15) is 34.6 Å². The Morgan fingerprint density at radius 2 is 1.28 bits per heavy atom. The average molecular weight is 443 g/mol. The Morgan fingerprint density at radius 1 is 0.812 bits per heavy atom. The molecule has 0 radical (unpaired) electrons. The normalized spacial score (nSPS) is 10.3. The maximum absolute atomic E-state index is 12.2. The van der Waals surface area contributed by atoms with Crippen LogP contribution in [0.25, 0.3) is 0 Å². The van der Waals surface area contributed by atoms with Gasteiger partial charge in [-0.05, 0) is 24.3 Å². The molecule has 2 aromatic rings.